The van der Waals surface area contributed by atoms with Crippen LogP contribution in [-0.4, -0.2) is 46.8 Å². The number of carbonyl (C=O) groups excluding carboxylic acids is 4. The van der Waals surface area contributed by atoms with Crippen molar-refractivity contribution in [2.24, 2.45) is 0 Å². The number of ketones is 1. The van der Waals surface area contributed by atoms with Crippen molar-refractivity contribution in [1.82, 2.24) is 5.16 Å². The third kappa shape index (κ3) is 7.78. The molecule has 0 saturated heterocycles. The number of aromatic nitrogens is 1. The van der Waals surface area contributed by atoms with E-state index >= 15 is 0 Å². The number of carbonyl (C=O) groups is 4. The number of hydrogen-bond donors (Lipinski definition) is 2. The molecular weight excluding hydrogens is 398 g/mol. The largest absolute Gasteiger partial charge is 0.457 e. The number of nitrogens with one attached hydrogen (secondary N) is 2. The minimum atomic E-state index is -0.597. The average molecular weight is 419 g/mol. The summed E-state index contributed by atoms with van der Waals surface area (Å²) in [6, 6.07) is 7.88. The lowest BCUT2D eigenvalue weighted by atomic mass is 10.1. The predicted octanol–water partition coefficient (Wildman–Crippen LogP) is 2.43. The molecule has 1 heterocycles. The molecule has 0 saturated carbocycles. The molecule has 0 atom stereocenters. The molecule has 0 unspecified atom stereocenters. The van der Waals surface area contributed by atoms with Gasteiger partial charge in [-0.05, 0) is 31.2 Å². The fourth-order valence-corrected chi connectivity index (χ4v) is 2.70. The Kier molecular flexibility index (Phi) is 8.41. The van der Waals surface area contributed by atoms with Crippen LogP contribution in [0.2, 0.25) is 0 Å². The zero-order valence-corrected chi connectivity index (χ0v) is 16.8. The Balaban J connectivity index is 1.67. The second-order valence-electron chi connectivity index (χ2n) is 5.93. The third-order valence-electron chi connectivity index (χ3n) is 3.52. The van der Waals surface area contributed by atoms with E-state index in [9.17, 15) is 19.2 Å². The van der Waals surface area contributed by atoms with Gasteiger partial charge in [0.15, 0.2) is 18.2 Å². The molecule has 2 aromatic rings. The molecular formula is C19H21N3O6S. The molecule has 0 radical (unpaired) electrons. The summed E-state index contributed by atoms with van der Waals surface area (Å²) in [5, 5.41) is 8.84. The minimum absolute atomic E-state index is 0.0277. The first kappa shape index (κ1) is 22.2. The van der Waals surface area contributed by atoms with Crippen LogP contribution >= 0.6 is 11.8 Å². The average Bonchev–Trinajstić information content (AvgIpc) is 3.11. The summed E-state index contributed by atoms with van der Waals surface area (Å²) in [6.45, 7) is 3.04. The first-order valence-electron chi connectivity index (χ1n) is 8.77. The van der Waals surface area contributed by atoms with Gasteiger partial charge in [0.05, 0.1) is 11.5 Å². The number of ether oxygens (including phenoxy) is 1. The quantitative estimate of drug-likeness (QED) is 0.444. The summed E-state index contributed by atoms with van der Waals surface area (Å²) in [6.07, 6.45) is 0.357. The van der Waals surface area contributed by atoms with Gasteiger partial charge in [-0.3, -0.25) is 19.2 Å². The van der Waals surface area contributed by atoms with Gasteiger partial charge in [-0.2, -0.15) is 0 Å². The first-order valence-corrected chi connectivity index (χ1v) is 9.92. The van der Waals surface area contributed by atoms with Gasteiger partial charge in [-0.25, -0.2) is 0 Å². The second kappa shape index (κ2) is 11.0. The summed E-state index contributed by atoms with van der Waals surface area (Å²) in [7, 11) is 0. The maximum Gasteiger partial charge on any atom is 0.316 e. The molecule has 0 fully saturated rings. The number of hydrogen-bond acceptors (Lipinski definition) is 8. The number of nitrogens with zero attached hydrogens (tertiary/aromatic N) is 1. The lowest BCUT2D eigenvalue weighted by Crippen LogP contribution is -2.18. The highest BCUT2D eigenvalue weighted by Crippen LogP contribution is 2.11. The molecule has 0 bridgehead atoms. The Morgan fingerprint density at radius 1 is 1.07 bits per heavy atom. The minimum Gasteiger partial charge on any atom is -0.457 e. The van der Waals surface area contributed by atoms with Crippen LogP contribution < -0.4 is 10.6 Å². The van der Waals surface area contributed by atoms with E-state index in [-0.39, 0.29) is 29.1 Å². The molecule has 1 aromatic heterocycles. The molecule has 9 nitrogen and oxygen atoms in total. The van der Waals surface area contributed by atoms with Gasteiger partial charge in [-0.1, -0.05) is 12.1 Å². The van der Waals surface area contributed by atoms with E-state index in [0.29, 0.717) is 29.2 Å². The third-order valence-corrected chi connectivity index (χ3v) is 4.43. The molecule has 2 N–H and O–H groups in total. The first-order chi connectivity index (χ1) is 13.9. The molecule has 0 spiro atoms. The van der Waals surface area contributed by atoms with Gasteiger partial charge in [0.1, 0.15) is 5.76 Å². The van der Waals surface area contributed by atoms with E-state index in [1.165, 1.54) is 0 Å². The number of Topliss-reactive ketones (excluding diaryl/α,β-unsaturated/α-hetero) is 1. The van der Waals surface area contributed by atoms with Crippen molar-refractivity contribution in [2.75, 3.05) is 28.7 Å². The highest BCUT2D eigenvalue weighted by molar-refractivity contribution is 8.00. The summed E-state index contributed by atoms with van der Waals surface area (Å²) in [5.41, 5.74) is 0.947. The van der Waals surface area contributed by atoms with Gasteiger partial charge in [0, 0.05) is 23.7 Å². The smallest absolute Gasteiger partial charge is 0.316 e. The number of rotatable bonds is 10. The molecule has 2 amide bonds. The lowest BCUT2D eigenvalue weighted by molar-refractivity contribution is -0.139. The highest BCUT2D eigenvalue weighted by atomic mass is 32.2. The van der Waals surface area contributed by atoms with Gasteiger partial charge < -0.3 is 19.9 Å². The number of thioether (sulfide) groups is 1. The Morgan fingerprint density at radius 2 is 1.79 bits per heavy atom. The summed E-state index contributed by atoms with van der Waals surface area (Å²) in [4.78, 5) is 46.9. The van der Waals surface area contributed by atoms with Gasteiger partial charge >= 0.3 is 5.97 Å². The Labute approximate surface area is 171 Å². The van der Waals surface area contributed by atoms with Crippen molar-refractivity contribution in [1.29, 1.82) is 0 Å². The van der Waals surface area contributed by atoms with Crippen LogP contribution in [0.1, 0.15) is 29.5 Å². The van der Waals surface area contributed by atoms with Gasteiger partial charge in [-0.15, -0.1) is 11.8 Å². The van der Waals surface area contributed by atoms with Crippen molar-refractivity contribution < 1.29 is 28.4 Å². The molecule has 29 heavy (non-hydrogen) atoms. The molecule has 10 heteroatoms. The summed E-state index contributed by atoms with van der Waals surface area (Å²) in [5.74, 6) is -0.581. The molecule has 2 rings (SSSR count). The summed E-state index contributed by atoms with van der Waals surface area (Å²) < 4.78 is 9.77. The second-order valence-corrected chi connectivity index (χ2v) is 6.91. The SMILES string of the molecule is CCC(=O)Nc1ccc(C(=O)COC(=O)CSCC(=O)Nc2cc(C)on2)cc1. The number of benzene rings is 1. The van der Waals surface area contributed by atoms with Crippen LogP contribution in [0, 0.1) is 6.92 Å². The fraction of sp³-hybridized carbons (Fsp3) is 0.316. The highest BCUT2D eigenvalue weighted by Gasteiger charge is 2.12. The van der Waals surface area contributed by atoms with E-state index in [1.807, 2.05) is 0 Å². The molecule has 0 aliphatic rings. The molecule has 1 aromatic carbocycles. The monoisotopic (exact) mass is 419 g/mol. The predicted molar refractivity (Wildman–Crippen MR) is 108 cm³/mol. The number of aryl methyl sites for hydroxylation is 1. The number of amides is 2. The lowest BCUT2D eigenvalue weighted by Gasteiger charge is -2.06. The van der Waals surface area contributed by atoms with Crippen LogP contribution in [0.4, 0.5) is 11.5 Å². The van der Waals surface area contributed by atoms with Crippen molar-refractivity contribution in [2.45, 2.75) is 20.3 Å². The normalized spacial score (nSPS) is 10.3. The van der Waals surface area contributed by atoms with Crippen molar-refractivity contribution in [3.63, 3.8) is 0 Å². The maximum absolute atomic E-state index is 12.1. The van der Waals surface area contributed by atoms with Crippen LogP contribution in [-0.2, 0) is 19.1 Å². The number of anilines is 2. The fourth-order valence-electron chi connectivity index (χ4n) is 2.09. The van der Waals surface area contributed by atoms with Crippen molar-refractivity contribution >= 4 is 46.8 Å². The van der Waals surface area contributed by atoms with E-state index in [4.69, 9.17) is 9.26 Å². The topological polar surface area (TPSA) is 128 Å². The van der Waals surface area contributed by atoms with E-state index in [2.05, 4.69) is 15.8 Å². The number of esters is 1. The van der Waals surface area contributed by atoms with Crippen LogP contribution in [0.5, 0.6) is 0 Å². The molecule has 0 aliphatic heterocycles. The summed E-state index contributed by atoms with van der Waals surface area (Å²) >= 11 is 1.06. The Bertz CT molecular complexity index is 878. The zero-order chi connectivity index (χ0) is 21.2. The molecule has 154 valence electrons. The maximum atomic E-state index is 12.1. The van der Waals surface area contributed by atoms with Crippen LogP contribution in [0.15, 0.2) is 34.9 Å². The van der Waals surface area contributed by atoms with E-state index < -0.39 is 12.6 Å². The van der Waals surface area contributed by atoms with Gasteiger partial charge in [0.25, 0.3) is 0 Å². The van der Waals surface area contributed by atoms with Crippen LogP contribution in [0.25, 0.3) is 0 Å². The Hall–Kier alpha value is -3.14. The molecule has 0 aliphatic carbocycles. The standard InChI is InChI=1S/C19H21N3O6S/c1-3-17(24)20-14-6-4-13(5-7-14)15(23)9-27-19(26)11-29-10-18(25)21-16-8-12(2)28-22-16/h4-8H,3,9-11H2,1-2H3,(H,20,24)(H,21,22,25). The van der Waals surface area contributed by atoms with Crippen molar-refractivity contribution in [3.8, 4) is 0 Å². The van der Waals surface area contributed by atoms with Crippen molar-refractivity contribution in [3.05, 3.63) is 41.7 Å². The van der Waals surface area contributed by atoms with Crippen LogP contribution in [0.3, 0.4) is 0 Å². The Morgan fingerprint density at radius 3 is 2.41 bits per heavy atom. The van der Waals surface area contributed by atoms with Gasteiger partial charge in [0.2, 0.25) is 11.8 Å². The zero-order valence-electron chi connectivity index (χ0n) is 16.0. The van der Waals surface area contributed by atoms with E-state index in [1.54, 1.807) is 44.2 Å². The van der Waals surface area contributed by atoms with E-state index in [0.717, 1.165) is 11.8 Å².